The van der Waals surface area contributed by atoms with Gasteiger partial charge in [0.2, 0.25) is 0 Å². The van der Waals surface area contributed by atoms with E-state index in [4.69, 9.17) is 0 Å². The van der Waals surface area contributed by atoms with Crippen LogP contribution in [0.25, 0.3) is 6.08 Å². The number of aryl methyl sites for hydroxylation is 1. The van der Waals surface area contributed by atoms with Crippen LogP contribution in [0.15, 0.2) is 66.8 Å². The van der Waals surface area contributed by atoms with E-state index in [1.54, 1.807) is 0 Å². The predicted molar refractivity (Wildman–Crippen MR) is 84.7 cm³/mol. The third kappa shape index (κ3) is 5.01. The third-order valence-electron chi connectivity index (χ3n) is 2.61. The fraction of sp³-hybridized carbons (Fsp3) is 0.222. The van der Waals surface area contributed by atoms with E-state index < -0.39 is 0 Å². The first-order valence-electron chi connectivity index (χ1n) is 6.38. The highest BCUT2D eigenvalue weighted by molar-refractivity contribution is 5.58. The summed E-state index contributed by atoms with van der Waals surface area (Å²) in [7, 11) is 0. The summed E-state index contributed by atoms with van der Waals surface area (Å²) in [6.45, 7) is 15.7. The second-order valence-corrected chi connectivity index (χ2v) is 3.74. The molecule has 1 aromatic carbocycles. The number of rotatable bonds is 4. The molecule has 0 atom stereocenters. The SMILES string of the molecule is C=C/C(C)=C(C=C)/C=C\c1ccccc1C.CC. The van der Waals surface area contributed by atoms with Crippen molar-refractivity contribution in [2.75, 3.05) is 0 Å². The van der Waals surface area contributed by atoms with Crippen LogP contribution < -0.4 is 0 Å². The van der Waals surface area contributed by atoms with Gasteiger partial charge in [0.05, 0.1) is 0 Å². The van der Waals surface area contributed by atoms with Crippen LogP contribution in [-0.4, -0.2) is 0 Å². The Morgan fingerprint density at radius 2 is 1.67 bits per heavy atom. The maximum absolute atomic E-state index is 3.81. The molecule has 0 aliphatic rings. The second-order valence-electron chi connectivity index (χ2n) is 3.74. The van der Waals surface area contributed by atoms with Gasteiger partial charge in [0, 0.05) is 0 Å². The number of benzene rings is 1. The lowest BCUT2D eigenvalue weighted by molar-refractivity contribution is 1.43. The zero-order chi connectivity index (χ0) is 14.0. The van der Waals surface area contributed by atoms with E-state index >= 15 is 0 Å². The molecule has 0 unspecified atom stereocenters. The van der Waals surface area contributed by atoms with Gasteiger partial charge in [-0.15, -0.1) is 0 Å². The fourth-order valence-corrected chi connectivity index (χ4v) is 1.43. The third-order valence-corrected chi connectivity index (χ3v) is 2.61. The minimum atomic E-state index is 1.11. The van der Waals surface area contributed by atoms with Crippen LogP contribution in [0.4, 0.5) is 0 Å². The van der Waals surface area contributed by atoms with E-state index in [1.165, 1.54) is 11.1 Å². The van der Waals surface area contributed by atoms with Gasteiger partial charge in [0.25, 0.3) is 0 Å². The number of hydrogen-bond acceptors (Lipinski definition) is 0. The fourth-order valence-electron chi connectivity index (χ4n) is 1.43. The van der Waals surface area contributed by atoms with Crippen molar-refractivity contribution in [3.63, 3.8) is 0 Å². The van der Waals surface area contributed by atoms with Gasteiger partial charge < -0.3 is 0 Å². The largest absolute Gasteiger partial charge is 0.0988 e. The molecule has 0 heteroatoms. The van der Waals surface area contributed by atoms with Crippen LogP contribution in [0, 0.1) is 6.92 Å². The monoisotopic (exact) mass is 240 g/mol. The summed E-state index contributed by atoms with van der Waals surface area (Å²) in [6, 6.07) is 8.31. The predicted octanol–water partition coefficient (Wildman–Crippen LogP) is 5.72. The Labute approximate surface area is 112 Å². The highest BCUT2D eigenvalue weighted by atomic mass is 14.0. The molecule has 0 aliphatic carbocycles. The van der Waals surface area contributed by atoms with Crippen LogP contribution >= 0.6 is 0 Å². The molecule has 0 fully saturated rings. The summed E-state index contributed by atoms with van der Waals surface area (Å²) in [4.78, 5) is 0. The molecule has 0 aromatic heterocycles. The molecule has 18 heavy (non-hydrogen) atoms. The molecule has 1 aromatic rings. The first-order valence-corrected chi connectivity index (χ1v) is 6.38. The number of hydrogen-bond donors (Lipinski definition) is 0. The highest BCUT2D eigenvalue weighted by Crippen LogP contribution is 2.13. The van der Waals surface area contributed by atoms with Crippen molar-refractivity contribution >= 4 is 6.08 Å². The highest BCUT2D eigenvalue weighted by Gasteiger charge is 1.93. The molecule has 0 N–H and O–H groups in total. The van der Waals surface area contributed by atoms with E-state index in [0.717, 1.165) is 11.1 Å². The molecule has 0 amide bonds. The van der Waals surface area contributed by atoms with Crippen molar-refractivity contribution in [2.45, 2.75) is 27.7 Å². The molecular formula is C18H24. The Morgan fingerprint density at radius 3 is 2.17 bits per heavy atom. The Bertz CT molecular complexity index is 445. The van der Waals surface area contributed by atoms with Gasteiger partial charge in [-0.1, -0.05) is 75.6 Å². The second kappa shape index (κ2) is 9.23. The Kier molecular flexibility index (Phi) is 8.30. The van der Waals surface area contributed by atoms with Crippen molar-refractivity contribution in [3.05, 3.63) is 77.9 Å². The van der Waals surface area contributed by atoms with Gasteiger partial charge in [-0.3, -0.25) is 0 Å². The van der Waals surface area contributed by atoms with E-state index in [1.807, 2.05) is 45.1 Å². The van der Waals surface area contributed by atoms with Crippen molar-refractivity contribution < 1.29 is 0 Å². The van der Waals surface area contributed by atoms with Crippen LogP contribution in [-0.2, 0) is 0 Å². The zero-order valence-electron chi connectivity index (χ0n) is 12.0. The van der Waals surface area contributed by atoms with Crippen molar-refractivity contribution in [1.29, 1.82) is 0 Å². The molecule has 0 spiro atoms. The zero-order valence-corrected chi connectivity index (χ0v) is 12.0. The first kappa shape index (κ1) is 16.2. The summed E-state index contributed by atoms with van der Waals surface area (Å²) in [6.07, 6.45) is 7.89. The Morgan fingerprint density at radius 1 is 1.06 bits per heavy atom. The lowest BCUT2D eigenvalue weighted by atomic mass is 10.0. The summed E-state index contributed by atoms with van der Waals surface area (Å²) in [5.41, 5.74) is 4.76. The van der Waals surface area contributed by atoms with Crippen LogP contribution in [0.1, 0.15) is 31.9 Å². The lowest BCUT2D eigenvalue weighted by Crippen LogP contribution is -1.80. The summed E-state index contributed by atoms with van der Waals surface area (Å²) < 4.78 is 0. The van der Waals surface area contributed by atoms with E-state index in [0.29, 0.717) is 0 Å². The van der Waals surface area contributed by atoms with Crippen LogP contribution in [0.5, 0.6) is 0 Å². The van der Waals surface area contributed by atoms with Gasteiger partial charge in [-0.05, 0) is 36.1 Å². The smallest absolute Gasteiger partial charge is 0.0227 e. The van der Waals surface area contributed by atoms with Crippen molar-refractivity contribution in [1.82, 2.24) is 0 Å². The molecule has 0 heterocycles. The Balaban J connectivity index is 0.00000137. The van der Waals surface area contributed by atoms with E-state index in [-0.39, 0.29) is 0 Å². The maximum Gasteiger partial charge on any atom is -0.0227 e. The van der Waals surface area contributed by atoms with Gasteiger partial charge in [0.15, 0.2) is 0 Å². The summed E-state index contributed by atoms with van der Waals surface area (Å²) >= 11 is 0. The van der Waals surface area contributed by atoms with Gasteiger partial charge in [-0.25, -0.2) is 0 Å². The van der Waals surface area contributed by atoms with Crippen molar-refractivity contribution in [3.8, 4) is 0 Å². The normalized spacial score (nSPS) is 11.3. The number of allylic oxidation sites excluding steroid dienone is 5. The summed E-state index contributed by atoms with van der Waals surface area (Å²) in [5.74, 6) is 0. The van der Waals surface area contributed by atoms with E-state index in [9.17, 15) is 0 Å². The average Bonchev–Trinajstić information content (AvgIpc) is 2.43. The minimum absolute atomic E-state index is 1.11. The first-order chi connectivity index (χ1) is 8.69. The quantitative estimate of drug-likeness (QED) is 0.590. The van der Waals surface area contributed by atoms with Gasteiger partial charge in [-0.2, -0.15) is 0 Å². The van der Waals surface area contributed by atoms with Gasteiger partial charge in [0.1, 0.15) is 0 Å². The van der Waals surface area contributed by atoms with Crippen LogP contribution in [0.3, 0.4) is 0 Å². The standard InChI is InChI=1S/C16H18.C2H6/c1-5-13(3)15(6-2)11-12-16-10-8-7-9-14(16)4;1-2/h5-12H,1-2H2,3-4H3;1-2H3/b12-11-,15-13+;. The molecule has 0 saturated heterocycles. The molecule has 1 rings (SSSR count). The molecule has 0 bridgehead atoms. The molecular weight excluding hydrogens is 216 g/mol. The Hall–Kier alpha value is -1.82. The molecule has 0 radical (unpaired) electrons. The lowest BCUT2D eigenvalue weighted by Gasteiger charge is -2.00. The van der Waals surface area contributed by atoms with E-state index in [2.05, 4.69) is 44.4 Å². The van der Waals surface area contributed by atoms with Crippen LogP contribution in [0.2, 0.25) is 0 Å². The topological polar surface area (TPSA) is 0 Å². The average molecular weight is 240 g/mol. The summed E-state index contributed by atoms with van der Waals surface area (Å²) in [5, 5.41) is 0. The molecule has 0 saturated carbocycles. The maximum atomic E-state index is 3.81. The molecule has 0 nitrogen and oxygen atoms in total. The van der Waals surface area contributed by atoms with Gasteiger partial charge >= 0.3 is 0 Å². The molecule has 96 valence electrons. The van der Waals surface area contributed by atoms with Crippen molar-refractivity contribution in [2.24, 2.45) is 0 Å². The minimum Gasteiger partial charge on any atom is -0.0988 e. The molecule has 0 aliphatic heterocycles.